The third-order valence-electron chi connectivity index (χ3n) is 6.16. The normalized spacial score (nSPS) is 14.3. The van der Waals surface area contributed by atoms with Crippen LogP contribution in [0.3, 0.4) is 0 Å². The number of amides is 1. The van der Waals surface area contributed by atoms with E-state index in [1.54, 1.807) is 35.5 Å². The first-order valence-corrected chi connectivity index (χ1v) is 13.5. The van der Waals surface area contributed by atoms with E-state index < -0.39 is 10.0 Å². The van der Waals surface area contributed by atoms with Crippen molar-refractivity contribution in [3.63, 3.8) is 0 Å². The molecule has 2 aromatic carbocycles. The average molecular weight is 500 g/mol. The Balaban J connectivity index is 1.53. The number of methoxy groups -OCH3 is 1. The molecule has 7 nitrogen and oxygen atoms in total. The summed E-state index contributed by atoms with van der Waals surface area (Å²) in [5.41, 5.74) is 2.69. The second-order valence-electron chi connectivity index (χ2n) is 8.52. The van der Waals surface area contributed by atoms with Gasteiger partial charge in [0, 0.05) is 29.7 Å². The molecule has 2 N–H and O–H groups in total. The number of nitrogens with two attached hydrogens (primary N) is 1. The predicted octanol–water partition coefficient (Wildman–Crippen LogP) is 3.43. The van der Waals surface area contributed by atoms with Gasteiger partial charge in [-0.2, -0.15) is 0 Å². The van der Waals surface area contributed by atoms with Gasteiger partial charge in [-0.15, -0.1) is 11.3 Å². The summed E-state index contributed by atoms with van der Waals surface area (Å²) in [6.07, 6.45) is 1.46. The summed E-state index contributed by atoms with van der Waals surface area (Å²) in [6.45, 7) is 3.56. The minimum absolute atomic E-state index is 0.00588. The standard InChI is InChI=1S/C25H29N3O4S2/c1-18(14-22-4-3-13-33-22)27(16-19-5-7-21(32-2)8-6-19)17-25(29)28-12-11-20-15-23(34(26,30)31)9-10-24(20)28/h3-10,13,15,18H,11-12,14,16-17H2,1-2H3,(H2,26,30,31). The fraction of sp³-hybridized carbons (Fsp3) is 0.320. The lowest BCUT2D eigenvalue weighted by Gasteiger charge is -2.30. The van der Waals surface area contributed by atoms with Gasteiger partial charge in [-0.1, -0.05) is 18.2 Å². The first-order chi connectivity index (χ1) is 16.2. The highest BCUT2D eigenvalue weighted by atomic mass is 32.2. The molecule has 0 radical (unpaired) electrons. The number of carbonyl (C=O) groups is 1. The Morgan fingerprint density at radius 2 is 1.97 bits per heavy atom. The molecular weight excluding hydrogens is 470 g/mol. The number of anilines is 1. The van der Waals surface area contributed by atoms with Gasteiger partial charge in [0.1, 0.15) is 5.75 Å². The number of ether oxygens (including phenoxy) is 1. The number of benzene rings is 2. The van der Waals surface area contributed by atoms with Crippen LogP contribution < -0.4 is 14.8 Å². The molecule has 34 heavy (non-hydrogen) atoms. The number of fused-ring (bicyclic) bond motifs is 1. The van der Waals surface area contributed by atoms with Gasteiger partial charge in [0.05, 0.1) is 18.6 Å². The molecular formula is C25H29N3O4S2. The number of hydrogen-bond acceptors (Lipinski definition) is 6. The maximum atomic E-state index is 13.4. The van der Waals surface area contributed by atoms with Crippen LogP contribution in [0.5, 0.6) is 5.75 Å². The van der Waals surface area contributed by atoms with Crippen molar-refractivity contribution >= 4 is 33.0 Å². The molecule has 0 fully saturated rings. The molecule has 1 aromatic heterocycles. The lowest BCUT2D eigenvalue weighted by atomic mass is 10.1. The largest absolute Gasteiger partial charge is 0.497 e. The fourth-order valence-electron chi connectivity index (χ4n) is 4.26. The molecule has 1 amide bonds. The molecule has 2 heterocycles. The molecule has 1 atom stereocenters. The maximum Gasteiger partial charge on any atom is 0.241 e. The Bertz CT molecular complexity index is 1240. The summed E-state index contributed by atoms with van der Waals surface area (Å²) in [7, 11) is -2.13. The van der Waals surface area contributed by atoms with E-state index in [0.717, 1.165) is 29.0 Å². The Kier molecular flexibility index (Phi) is 7.37. The van der Waals surface area contributed by atoms with Crippen molar-refractivity contribution in [2.75, 3.05) is 25.1 Å². The Hall–Kier alpha value is -2.72. The van der Waals surface area contributed by atoms with E-state index in [1.807, 2.05) is 30.3 Å². The molecule has 0 saturated carbocycles. The average Bonchev–Trinajstić information content (AvgIpc) is 3.47. The molecule has 0 aliphatic carbocycles. The van der Waals surface area contributed by atoms with Gasteiger partial charge in [0.15, 0.2) is 0 Å². The van der Waals surface area contributed by atoms with E-state index in [-0.39, 0.29) is 23.4 Å². The number of primary sulfonamides is 1. The van der Waals surface area contributed by atoms with Crippen LogP contribution in [0.15, 0.2) is 64.9 Å². The predicted molar refractivity (Wildman–Crippen MR) is 135 cm³/mol. The number of hydrogen-bond donors (Lipinski definition) is 1. The fourth-order valence-corrected chi connectivity index (χ4v) is 5.65. The van der Waals surface area contributed by atoms with Crippen molar-refractivity contribution in [1.82, 2.24) is 4.90 Å². The van der Waals surface area contributed by atoms with E-state index in [9.17, 15) is 13.2 Å². The van der Waals surface area contributed by atoms with Gasteiger partial charge in [-0.25, -0.2) is 13.6 Å². The first kappa shape index (κ1) is 24.4. The minimum Gasteiger partial charge on any atom is -0.497 e. The van der Waals surface area contributed by atoms with Crippen LogP contribution in [0.1, 0.15) is 22.9 Å². The molecule has 3 aromatic rings. The van der Waals surface area contributed by atoms with Crippen LogP contribution in [-0.2, 0) is 34.2 Å². The van der Waals surface area contributed by atoms with E-state index in [0.29, 0.717) is 19.5 Å². The molecule has 9 heteroatoms. The molecule has 1 unspecified atom stereocenters. The van der Waals surface area contributed by atoms with Crippen LogP contribution >= 0.6 is 11.3 Å². The first-order valence-electron chi connectivity index (χ1n) is 11.1. The van der Waals surface area contributed by atoms with Crippen molar-refractivity contribution in [2.45, 2.75) is 37.2 Å². The summed E-state index contributed by atoms with van der Waals surface area (Å²) in [6, 6.07) is 16.9. The number of thiophene rings is 1. The van der Waals surface area contributed by atoms with Gasteiger partial charge in [-0.05, 0) is 72.7 Å². The topological polar surface area (TPSA) is 92.9 Å². The second-order valence-corrected chi connectivity index (χ2v) is 11.1. The Morgan fingerprint density at radius 3 is 2.62 bits per heavy atom. The van der Waals surface area contributed by atoms with Crippen molar-refractivity contribution in [2.24, 2.45) is 5.14 Å². The molecule has 1 aliphatic rings. The van der Waals surface area contributed by atoms with Crippen LogP contribution in [0.2, 0.25) is 0 Å². The molecule has 1 aliphatic heterocycles. The van der Waals surface area contributed by atoms with Gasteiger partial charge in [0.2, 0.25) is 15.9 Å². The molecule has 0 spiro atoms. The van der Waals surface area contributed by atoms with E-state index >= 15 is 0 Å². The van der Waals surface area contributed by atoms with Crippen molar-refractivity contribution in [1.29, 1.82) is 0 Å². The van der Waals surface area contributed by atoms with Crippen LogP contribution in [0.4, 0.5) is 5.69 Å². The highest BCUT2D eigenvalue weighted by Crippen LogP contribution is 2.30. The molecule has 0 bridgehead atoms. The van der Waals surface area contributed by atoms with Crippen molar-refractivity contribution < 1.29 is 17.9 Å². The monoisotopic (exact) mass is 499 g/mol. The van der Waals surface area contributed by atoms with Crippen molar-refractivity contribution in [3.8, 4) is 5.75 Å². The summed E-state index contributed by atoms with van der Waals surface area (Å²) in [5, 5.41) is 7.34. The smallest absolute Gasteiger partial charge is 0.241 e. The third kappa shape index (κ3) is 5.67. The lowest BCUT2D eigenvalue weighted by molar-refractivity contribution is -0.120. The zero-order chi connectivity index (χ0) is 24.3. The number of carbonyl (C=O) groups excluding carboxylic acids is 1. The van der Waals surface area contributed by atoms with Gasteiger partial charge in [0.25, 0.3) is 0 Å². The lowest BCUT2D eigenvalue weighted by Crippen LogP contribution is -2.43. The van der Waals surface area contributed by atoms with Gasteiger partial charge >= 0.3 is 0 Å². The van der Waals surface area contributed by atoms with Crippen LogP contribution in [0, 0.1) is 0 Å². The third-order valence-corrected chi connectivity index (χ3v) is 7.97. The van der Waals surface area contributed by atoms with Gasteiger partial charge in [-0.3, -0.25) is 9.69 Å². The van der Waals surface area contributed by atoms with E-state index in [1.165, 1.54) is 10.9 Å². The summed E-state index contributed by atoms with van der Waals surface area (Å²) < 4.78 is 28.7. The SMILES string of the molecule is COc1ccc(CN(CC(=O)N2CCc3cc(S(N)(=O)=O)ccc32)C(C)Cc2cccs2)cc1. The van der Waals surface area contributed by atoms with Crippen molar-refractivity contribution in [3.05, 3.63) is 76.0 Å². The highest BCUT2D eigenvalue weighted by molar-refractivity contribution is 7.89. The number of nitrogens with zero attached hydrogens (tertiary/aromatic N) is 2. The zero-order valence-corrected chi connectivity index (χ0v) is 20.9. The Labute approximate surface area is 204 Å². The molecule has 180 valence electrons. The second kappa shape index (κ2) is 10.3. The quantitative estimate of drug-likeness (QED) is 0.487. The van der Waals surface area contributed by atoms with Crippen LogP contribution in [-0.4, -0.2) is 45.5 Å². The minimum atomic E-state index is -3.78. The van der Waals surface area contributed by atoms with E-state index in [4.69, 9.17) is 9.88 Å². The number of rotatable bonds is 9. The van der Waals surface area contributed by atoms with E-state index in [2.05, 4.69) is 23.3 Å². The zero-order valence-electron chi connectivity index (χ0n) is 19.3. The number of sulfonamides is 1. The van der Waals surface area contributed by atoms with Crippen LogP contribution in [0.25, 0.3) is 0 Å². The maximum absolute atomic E-state index is 13.4. The summed E-state index contributed by atoms with van der Waals surface area (Å²) >= 11 is 1.72. The summed E-state index contributed by atoms with van der Waals surface area (Å²) in [4.78, 5) is 18.7. The molecule has 4 rings (SSSR count). The Morgan fingerprint density at radius 1 is 1.21 bits per heavy atom. The highest BCUT2D eigenvalue weighted by Gasteiger charge is 2.28. The van der Waals surface area contributed by atoms with Gasteiger partial charge < -0.3 is 9.64 Å². The summed E-state index contributed by atoms with van der Waals surface area (Å²) in [5.74, 6) is 0.791. The molecule has 0 saturated heterocycles.